The van der Waals surface area contributed by atoms with Crippen LogP contribution < -0.4 is 5.32 Å². The fourth-order valence-corrected chi connectivity index (χ4v) is 1.28. The molecule has 0 heterocycles. The first-order valence-electron chi connectivity index (χ1n) is 5.94. The van der Waals surface area contributed by atoms with Crippen LogP contribution in [0.15, 0.2) is 0 Å². The lowest BCUT2D eigenvalue weighted by atomic mass is 9.88. The molecule has 2 N–H and O–H groups in total. The highest BCUT2D eigenvalue weighted by atomic mass is 16.5. The zero-order valence-electron chi connectivity index (χ0n) is 11.0. The molecule has 0 radical (unpaired) electrons. The van der Waals surface area contributed by atoms with Crippen molar-refractivity contribution in [3.8, 4) is 12.3 Å². The molecule has 0 aliphatic heterocycles. The van der Waals surface area contributed by atoms with E-state index in [-0.39, 0.29) is 31.4 Å². The predicted octanol–water partition coefficient (Wildman–Crippen LogP) is 0.940. The Morgan fingerprint density at radius 2 is 2.29 bits per heavy atom. The van der Waals surface area contributed by atoms with Crippen LogP contribution in [0.4, 0.5) is 0 Å². The highest BCUT2D eigenvalue weighted by Crippen LogP contribution is 2.18. The second-order valence-electron chi connectivity index (χ2n) is 4.45. The molecule has 0 aromatic carbocycles. The molecule has 0 fully saturated rings. The minimum Gasteiger partial charge on any atom is -0.388 e. The number of aliphatic hydroxyl groups is 1. The summed E-state index contributed by atoms with van der Waals surface area (Å²) in [4.78, 5) is 11.4. The summed E-state index contributed by atoms with van der Waals surface area (Å²) in [5.74, 6) is 2.33. The highest BCUT2D eigenvalue weighted by Gasteiger charge is 2.27. The van der Waals surface area contributed by atoms with E-state index in [1.807, 2.05) is 13.8 Å². The van der Waals surface area contributed by atoms with Gasteiger partial charge in [0.2, 0.25) is 5.91 Å². The maximum absolute atomic E-state index is 11.4. The Kier molecular flexibility index (Phi) is 7.60. The maximum Gasteiger partial charge on any atom is 0.222 e. The third-order valence-electron chi connectivity index (χ3n) is 2.98. The van der Waals surface area contributed by atoms with Gasteiger partial charge >= 0.3 is 0 Å². The number of terminal acetylenes is 1. The second kappa shape index (κ2) is 8.10. The lowest BCUT2D eigenvalue weighted by molar-refractivity contribution is -0.123. The van der Waals surface area contributed by atoms with Crippen molar-refractivity contribution in [3.05, 3.63) is 0 Å². The molecule has 2 atom stereocenters. The van der Waals surface area contributed by atoms with Gasteiger partial charge in [0, 0.05) is 6.54 Å². The summed E-state index contributed by atoms with van der Waals surface area (Å²) in [5.41, 5.74) is -0.871. The van der Waals surface area contributed by atoms with E-state index in [9.17, 15) is 9.90 Å². The van der Waals surface area contributed by atoms with Crippen molar-refractivity contribution in [2.24, 2.45) is 5.92 Å². The molecular weight excluding hydrogens is 218 g/mol. The Labute approximate surface area is 104 Å². The van der Waals surface area contributed by atoms with E-state index in [2.05, 4.69) is 11.2 Å². The molecule has 2 unspecified atom stereocenters. The van der Waals surface area contributed by atoms with Crippen LogP contribution in [-0.4, -0.2) is 36.4 Å². The zero-order valence-corrected chi connectivity index (χ0v) is 11.0. The predicted molar refractivity (Wildman–Crippen MR) is 67.4 cm³/mol. The molecule has 17 heavy (non-hydrogen) atoms. The van der Waals surface area contributed by atoms with Crippen molar-refractivity contribution in [1.29, 1.82) is 0 Å². The van der Waals surface area contributed by atoms with Crippen molar-refractivity contribution in [2.75, 3.05) is 19.8 Å². The zero-order chi connectivity index (χ0) is 13.3. The van der Waals surface area contributed by atoms with Crippen LogP contribution >= 0.6 is 0 Å². The van der Waals surface area contributed by atoms with Gasteiger partial charge in [-0.3, -0.25) is 4.79 Å². The Morgan fingerprint density at radius 1 is 1.65 bits per heavy atom. The summed E-state index contributed by atoms with van der Waals surface area (Å²) < 4.78 is 4.99. The van der Waals surface area contributed by atoms with Gasteiger partial charge < -0.3 is 15.2 Å². The van der Waals surface area contributed by atoms with Crippen molar-refractivity contribution >= 4 is 5.91 Å². The number of amides is 1. The molecule has 0 aromatic heterocycles. The molecule has 98 valence electrons. The summed E-state index contributed by atoms with van der Waals surface area (Å²) in [5, 5.41) is 12.8. The van der Waals surface area contributed by atoms with Gasteiger partial charge in [-0.05, 0) is 12.8 Å². The monoisotopic (exact) mass is 241 g/mol. The van der Waals surface area contributed by atoms with E-state index in [1.54, 1.807) is 6.92 Å². The molecule has 0 aliphatic rings. The van der Waals surface area contributed by atoms with Crippen molar-refractivity contribution in [1.82, 2.24) is 5.32 Å². The number of carbonyl (C=O) groups is 1. The topological polar surface area (TPSA) is 58.6 Å². The molecule has 0 aliphatic carbocycles. The maximum atomic E-state index is 11.4. The molecule has 0 bridgehead atoms. The average molecular weight is 241 g/mol. The summed E-state index contributed by atoms with van der Waals surface area (Å²) in [6.45, 7) is 6.49. The number of ether oxygens (including phenoxy) is 1. The van der Waals surface area contributed by atoms with Crippen LogP contribution in [0, 0.1) is 18.3 Å². The quantitative estimate of drug-likeness (QED) is 0.491. The van der Waals surface area contributed by atoms with Gasteiger partial charge in [-0.15, -0.1) is 6.42 Å². The second-order valence-corrected chi connectivity index (χ2v) is 4.45. The van der Waals surface area contributed by atoms with Crippen molar-refractivity contribution in [2.45, 2.75) is 39.2 Å². The van der Waals surface area contributed by atoms with E-state index >= 15 is 0 Å². The molecule has 0 saturated heterocycles. The van der Waals surface area contributed by atoms with Gasteiger partial charge in [-0.25, -0.2) is 0 Å². The number of hydrogen-bond donors (Lipinski definition) is 2. The van der Waals surface area contributed by atoms with Crippen LogP contribution in [0.1, 0.15) is 33.6 Å². The summed E-state index contributed by atoms with van der Waals surface area (Å²) in [6.07, 6.45) is 6.13. The molecule has 4 nitrogen and oxygen atoms in total. The first-order chi connectivity index (χ1) is 7.94. The minimum absolute atomic E-state index is 0.134. The molecular formula is C13H23NO3. The average Bonchev–Trinajstić information content (AvgIpc) is 2.31. The standard InChI is InChI=1S/C13H23NO3/c1-5-8-17-9-7-12(15)14-10-13(4,16)11(3)6-2/h1,11,16H,6-10H2,2-4H3,(H,14,15). The van der Waals surface area contributed by atoms with Gasteiger partial charge in [0.15, 0.2) is 0 Å². The molecule has 0 saturated carbocycles. The molecule has 4 heteroatoms. The number of carbonyl (C=O) groups excluding carboxylic acids is 1. The van der Waals surface area contributed by atoms with Gasteiger partial charge in [-0.1, -0.05) is 26.2 Å². The largest absolute Gasteiger partial charge is 0.388 e. The minimum atomic E-state index is -0.871. The molecule has 0 rings (SSSR count). The van der Waals surface area contributed by atoms with Crippen LogP contribution in [0.5, 0.6) is 0 Å². The smallest absolute Gasteiger partial charge is 0.222 e. The van der Waals surface area contributed by atoms with Crippen molar-refractivity contribution in [3.63, 3.8) is 0 Å². The normalized spacial score (nSPS) is 15.7. The number of hydrogen-bond acceptors (Lipinski definition) is 3. The summed E-state index contributed by atoms with van der Waals surface area (Å²) in [6, 6.07) is 0. The van der Waals surface area contributed by atoms with E-state index in [0.29, 0.717) is 6.61 Å². The first-order valence-corrected chi connectivity index (χ1v) is 5.94. The lowest BCUT2D eigenvalue weighted by Gasteiger charge is -2.29. The van der Waals surface area contributed by atoms with Gasteiger partial charge in [0.05, 0.1) is 18.6 Å². The number of rotatable bonds is 8. The van der Waals surface area contributed by atoms with E-state index in [4.69, 9.17) is 11.2 Å². The van der Waals surface area contributed by atoms with E-state index < -0.39 is 5.60 Å². The van der Waals surface area contributed by atoms with Crippen LogP contribution in [0.3, 0.4) is 0 Å². The third-order valence-corrected chi connectivity index (χ3v) is 2.98. The van der Waals surface area contributed by atoms with Crippen molar-refractivity contribution < 1.29 is 14.6 Å². The highest BCUT2D eigenvalue weighted by molar-refractivity contribution is 5.76. The van der Waals surface area contributed by atoms with Crippen LogP contribution in [0.2, 0.25) is 0 Å². The number of nitrogens with one attached hydrogen (secondary N) is 1. The Morgan fingerprint density at radius 3 is 2.82 bits per heavy atom. The third kappa shape index (κ3) is 6.98. The van der Waals surface area contributed by atoms with Gasteiger partial charge in [0.25, 0.3) is 0 Å². The first kappa shape index (κ1) is 16.0. The van der Waals surface area contributed by atoms with Gasteiger partial charge in [0.1, 0.15) is 6.61 Å². The van der Waals surface area contributed by atoms with Crippen LogP contribution in [-0.2, 0) is 9.53 Å². The lowest BCUT2D eigenvalue weighted by Crippen LogP contribution is -2.45. The SMILES string of the molecule is C#CCOCCC(=O)NCC(C)(O)C(C)CC. The van der Waals surface area contributed by atoms with Crippen LogP contribution in [0.25, 0.3) is 0 Å². The van der Waals surface area contributed by atoms with E-state index in [1.165, 1.54) is 0 Å². The summed E-state index contributed by atoms with van der Waals surface area (Å²) in [7, 11) is 0. The van der Waals surface area contributed by atoms with E-state index in [0.717, 1.165) is 6.42 Å². The summed E-state index contributed by atoms with van der Waals surface area (Å²) >= 11 is 0. The fraction of sp³-hybridized carbons (Fsp3) is 0.769. The van der Waals surface area contributed by atoms with Gasteiger partial charge in [-0.2, -0.15) is 0 Å². The Hall–Kier alpha value is -1.05. The molecule has 0 aromatic rings. The Balaban J connectivity index is 3.80. The Bertz CT molecular complexity index is 268. The fourth-order valence-electron chi connectivity index (χ4n) is 1.28. The molecule has 1 amide bonds. The molecule has 0 spiro atoms.